The summed E-state index contributed by atoms with van der Waals surface area (Å²) in [6.07, 6.45) is 4.07. The van der Waals surface area contributed by atoms with E-state index in [4.69, 9.17) is 11.6 Å². The van der Waals surface area contributed by atoms with Gasteiger partial charge in [-0.25, -0.2) is 13.1 Å². The van der Waals surface area contributed by atoms with Gasteiger partial charge in [-0.05, 0) is 50.1 Å². The maximum absolute atomic E-state index is 12.4. The van der Waals surface area contributed by atoms with E-state index in [1.54, 1.807) is 35.9 Å². The van der Waals surface area contributed by atoms with Gasteiger partial charge in [0.2, 0.25) is 15.9 Å². The summed E-state index contributed by atoms with van der Waals surface area (Å²) in [5.74, 6) is -0.374. The number of sulfonamides is 1. The van der Waals surface area contributed by atoms with Crippen LogP contribution in [-0.4, -0.2) is 30.4 Å². The van der Waals surface area contributed by atoms with Crippen molar-refractivity contribution in [3.05, 3.63) is 81.6 Å². The van der Waals surface area contributed by atoms with Crippen molar-refractivity contribution in [2.24, 2.45) is 0 Å². The number of hydrogen-bond acceptors (Lipinski definition) is 4. The molecule has 0 aliphatic carbocycles. The molecular weight excluding hydrogens is 448 g/mol. The van der Waals surface area contributed by atoms with Crippen molar-refractivity contribution in [1.29, 1.82) is 0 Å². The molecule has 0 unspecified atom stereocenters. The van der Waals surface area contributed by atoms with Crippen LogP contribution in [0, 0.1) is 20.8 Å². The summed E-state index contributed by atoms with van der Waals surface area (Å²) in [5, 5.41) is 7.65. The van der Waals surface area contributed by atoms with Gasteiger partial charge < -0.3 is 5.32 Å². The van der Waals surface area contributed by atoms with E-state index in [9.17, 15) is 13.2 Å². The van der Waals surface area contributed by atoms with Gasteiger partial charge in [0.1, 0.15) is 5.15 Å². The highest BCUT2D eigenvalue weighted by Crippen LogP contribution is 2.24. The molecule has 0 spiro atoms. The van der Waals surface area contributed by atoms with Crippen LogP contribution in [0.2, 0.25) is 5.15 Å². The highest BCUT2D eigenvalue weighted by atomic mass is 35.5. The van der Waals surface area contributed by atoms with Crippen LogP contribution in [-0.2, 0) is 21.4 Å². The number of carbonyl (C=O) groups excluding carboxylic acids is 1. The van der Waals surface area contributed by atoms with Gasteiger partial charge in [-0.3, -0.25) is 9.52 Å². The first kappa shape index (κ1) is 23.6. The van der Waals surface area contributed by atoms with Crippen LogP contribution in [0.4, 0.5) is 11.4 Å². The Morgan fingerprint density at radius 2 is 1.81 bits per heavy atom. The predicted octanol–water partition coefficient (Wildman–Crippen LogP) is 4.53. The van der Waals surface area contributed by atoms with E-state index in [0.29, 0.717) is 34.3 Å². The number of hydrogen-bond donors (Lipinski definition) is 2. The third-order valence-corrected chi connectivity index (χ3v) is 5.75. The van der Waals surface area contributed by atoms with Crippen LogP contribution in [0.1, 0.15) is 27.9 Å². The van der Waals surface area contributed by atoms with Crippen LogP contribution in [0.25, 0.3) is 6.08 Å². The van der Waals surface area contributed by atoms with E-state index in [2.05, 4.69) is 15.1 Å². The fourth-order valence-electron chi connectivity index (χ4n) is 3.08. The van der Waals surface area contributed by atoms with Crippen LogP contribution >= 0.6 is 11.6 Å². The quantitative estimate of drug-likeness (QED) is 0.494. The van der Waals surface area contributed by atoms with Gasteiger partial charge in [0.25, 0.3) is 0 Å². The molecule has 0 fully saturated rings. The molecule has 0 aliphatic heterocycles. The van der Waals surface area contributed by atoms with Crippen molar-refractivity contribution in [2.45, 2.75) is 27.3 Å². The Morgan fingerprint density at radius 3 is 2.47 bits per heavy atom. The minimum Gasteiger partial charge on any atom is -0.322 e. The number of nitrogens with zero attached hydrogens (tertiary/aromatic N) is 2. The van der Waals surface area contributed by atoms with Crippen LogP contribution in [0.15, 0.2) is 48.5 Å². The zero-order chi connectivity index (χ0) is 23.5. The largest absolute Gasteiger partial charge is 0.322 e. The van der Waals surface area contributed by atoms with E-state index >= 15 is 0 Å². The number of aromatic nitrogens is 2. The summed E-state index contributed by atoms with van der Waals surface area (Å²) < 4.78 is 27.2. The van der Waals surface area contributed by atoms with Gasteiger partial charge in [0.05, 0.1) is 24.2 Å². The minimum absolute atomic E-state index is 0.374. The molecule has 9 heteroatoms. The average Bonchev–Trinajstić information content (AvgIpc) is 2.96. The first-order valence-electron chi connectivity index (χ1n) is 9.88. The highest BCUT2D eigenvalue weighted by molar-refractivity contribution is 7.92. The third-order valence-electron chi connectivity index (χ3n) is 4.76. The van der Waals surface area contributed by atoms with Gasteiger partial charge in [0, 0.05) is 17.3 Å². The van der Waals surface area contributed by atoms with Crippen molar-refractivity contribution in [2.75, 3.05) is 16.3 Å². The topological polar surface area (TPSA) is 93.1 Å². The number of carbonyl (C=O) groups is 1. The van der Waals surface area contributed by atoms with E-state index in [1.807, 2.05) is 38.1 Å². The highest BCUT2D eigenvalue weighted by Gasteiger charge is 2.12. The summed E-state index contributed by atoms with van der Waals surface area (Å²) in [5.41, 5.74) is 5.25. The minimum atomic E-state index is -3.42. The molecule has 0 bridgehead atoms. The van der Waals surface area contributed by atoms with Crippen molar-refractivity contribution in [1.82, 2.24) is 9.78 Å². The van der Waals surface area contributed by atoms with Crippen LogP contribution in [0.5, 0.6) is 0 Å². The van der Waals surface area contributed by atoms with E-state index < -0.39 is 10.0 Å². The summed E-state index contributed by atoms with van der Waals surface area (Å²) in [6, 6.07) is 13.1. The average molecular weight is 473 g/mol. The lowest BCUT2D eigenvalue weighted by Gasteiger charge is -2.10. The van der Waals surface area contributed by atoms with Gasteiger partial charge in [-0.1, -0.05) is 47.5 Å². The zero-order valence-corrected chi connectivity index (χ0v) is 19.9. The van der Waals surface area contributed by atoms with Gasteiger partial charge in [0.15, 0.2) is 0 Å². The molecule has 3 rings (SSSR count). The predicted molar refractivity (Wildman–Crippen MR) is 130 cm³/mol. The molecule has 3 aromatic rings. The molecule has 1 aromatic heterocycles. The van der Waals surface area contributed by atoms with Crippen LogP contribution < -0.4 is 10.0 Å². The Morgan fingerprint density at radius 1 is 1.12 bits per heavy atom. The third kappa shape index (κ3) is 6.21. The number of benzene rings is 2. The maximum Gasteiger partial charge on any atom is 0.248 e. The van der Waals surface area contributed by atoms with Crippen molar-refractivity contribution in [3.63, 3.8) is 0 Å². The van der Waals surface area contributed by atoms with Gasteiger partial charge >= 0.3 is 0 Å². The molecule has 1 heterocycles. The first-order valence-corrected chi connectivity index (χ1v) is 12.1. The second-order valence-corrected chi connectivity index (χ2v) is 9.77. The first-order chi connectivity index (χ1) is 15.0. The van der Waals surface area contributed by atoms with Crippen molar-refractivity contribution < 1.29 is 13.2 Å². The van der Waals surface area contributed by atoms with Crippen molar-refractivity contribution >= 4 is 45.0 Å². The fraction of sp³-hybridized carbons (Fsp3) is 0.217. The molecular formula is C23H25ClN4O3S. The molecule has 0 saturated heterocycles. The molecule has 0 aliphatic rings. The number of anilines is 2. The number of rotatable bonds is 7. The molecule has 2 N–H and O–H groups in total. The second kappa shape index (κ2) is 9.58. The summed E-state index contributed by atoms with van der Waals surface area (Å²) in [4.78, 5) is 12.4. The summed E-state index contributed by atoms with van der Waals surface area (Å²) in [7, 11) is -3.42. The molecule has 32 heavy (non-hydrogen) atoms. The lowest BCUT2D eigenvalue weighted by Crippen LogP contribution is -2.12. The van der Waals surface area contributed by atoms with Gasteiger partial charge in [-0.15, -0.1) is 0 Å². The summed E-state index contributed by atoms with van der Waals surface area (Å²) in [6.45, 7) is 6.16. The smallest absolute Gasteiger partial charge is 0.248 e. The zero-order valence-electron chi connectivity index (χ0n) is 18.3. The lowest BCUT2D eigenvalue weighted by atomic mass is 10.1. The molecule has 2 aromatic carbocycles. The molecule has 0 atom stereocenters. The fourth-order valence-corrected chi connectivity index (χ4v) is 4.00. The number of halogens is 1. The van der Waals surface area contributed by atoms with E-state index in [1.165, 1.54) is 11.6 Å². The SMILES string of the molecule is Cc1ccc(Cn2nc(C)c(/C=C/C(=O)Nc3ccc(C)c(NS(C)(=O)=O)c3)c2Cl)cc1. The number of amides is 1. The molecule has 168 valence electrons. The van der Waals surface area contributed by atoms with Crippen molar-refractivity contribution in [3.8, 4) is 0 Å². The lowest BCUT2D eigenvalue weighted by molar-refractivity contribution is -0.111. The second-order valence-electron chi connectivity index (χ2n) is 7.66. The molecule has 0 radical (unpaired) electrons. The Labute approximate surface area is 193 Å². The summed E-state index contributed by atoms with van der Waals surface area (Å²) >= 11 is 6.51. The number of nitrogens with one attached hydrogen (secondary N) is 2. The standard InChI is InChI=1S/C23H25ClN4O3S/c1-15-5-8-18(9-6-15)14-28-23(24)20(17(3)26-28)11-12-22(29)25-19-10-7-16(2)21(13-19)27-32(4,30)31/h5-13,27H,14H2,1-4H3,(H,25,29)/b12-11+. The van der Waals surface area contributed by atoms with Gasteiger partial charge in [-0.2, -0.15) is 5.10 Å². The Bertz CT molecular complexity index is 1280. The van der Waals surface area contributed by atoms with E-state index in [-0.39, 0.29) is 5.91 Å². The number of aryl methyl sites for hydroxylation is 3. The molecule has 7 nitrogen and oxygen atoms in total. The van der Waals surface area contributed by atoms with Crippen LogP contribution in [0.3, 0.4) is 0 Å². The normalized spacial score (nSPS) is 11.7. The Balaban J connectivity index is 1.72. The molecule has 1 amide bonds. The molecule has 0 saturated carbocycles. The monoisotopic (exact) mass is 472 g/mol. The maximum atomic E-state index is 12.4. The Hall–Kier alpha value is -3.10. The Kier molecular flexibility index (Phi) is 7.06. The van der Waals surface area contributed by atoms with E-state index in [0.717, 1.165) is 17.4 Å².